The lowest BCUT2D eigenvalue weighted by atomic mass is 10.0. The van der Waals surface area contributed by atoms with E-state index in [0.717, 1.165) is 22.0 Å². The standard InChI is InChI=1S/C17H13ClFN/c1-11-5-4-6-12-9-13(10-18)17(20-16(11)12)14-7-2-3-8-15(14)19/h2-9H,10H2,1H3. The normalized spacial score (nSPS) is 10.9. The van der Waals surface area contributed by atoms with Crippen molar-refractivity contribution in [2.45, 2.75) is 12.8 Å². The summed E-state index contributed by atoms with van der Waals surface area (Å²) >= 11 is 6.01. The first kappa shape index (κ1) is 13.1. The summed E-state index contributed by atoms with van der Waals surface area (Å²) in [4.78, 5) is 4.65. The van der Waals surface area contributed by atoms with Gasteiger partial charge in [0, 0.05) is 16.8 Å². The van der Waals surface area contributed by atoms with E-state index in [9.17, 15) is 4.39 Å². The molecule has 0 saturated heterocycles. The molecule has 0 fully saturated rings. The number of aromatic nitrogens is 1. The molecule has 0 atom stereocenters. The van der Waals surface area contributed by atoms with Crippen LogP contribution in [0.5, 0.6) is 0 Å². The van der Waals surface area contributed by atoms with Crippen molar-refractivity contribution in [2.75, 3.05) is 0 Å². The lowest BCUT2D eigenvalue weighted by Crippen LogP contribution is -1.96. The number of pyridine rings is 1. The molecule has 1 nitrogen and oxygen atoms in total. The van der Waals surface area contributed by atoms with Crippen LogP contribution in [0.1, 0.15) is 11.1 Å². The molecule has 3 aromatic rings. The van der Waals surface area contributed by atoms with Gasteiger partial charge in [-0.05, 0) is 36.2 Å². The quantitative estimate of drug-likeness (QED) is 0.598. The molecule has 0 unspecified atom stereocenters. The Kier molecular flexibility index (Phi) is 3.41. The van der Waals surface area contributed by atoms with E-state index in [0.29, 0.717) is 17.1 Å². The minimum Gasteiger partial charge on any atom is -0.247 e. The Morgan fingerprint density at radius 1 is 1.10 bits per heavy atom. The number of para-hydroxylation sites is 1. The van der Waals surface area contributed by atoms with Gasteiger partial charge in [0.05, 0.1) is 11.2 Å². The highest BCUT2D eigenvalue weighted by molar-refractivity contribution is 6.17. The van der Waals surface area contributed by atoms with Crippen molar-refractivity contribution in [1.29, 1.82) is 0 Å². The molecule has 1 heterocycles. The number of rotatable bonds is 2. The zero-order chi connectivity index (χ0) is 14.1. The summed E-state index contributed by atoms with van der Waals surface area (Å²) in [6.07, 6.45) is 0. The Hall–Kier alpha value is -1.93. The van der Waals surface area contributed by atoms with Crippen molar-refractivity contribution in [3.63, 3.8) is 0 Å². The van der Waals surface area contributed by atoms with Crippen LogP contribution in [0.3, 0.4) is 0 Å². The van der Waals surface area contributed by atoms with Gasteiger partial charge in [0.15, 0.2) is 0 Å². The largest absolute Gasteiger partial charge is 0.247 e. The third kappa shape index (κ3) is 2.16. The summed E-state index contributed by atoms with van der Waals surface area (Å²) in [5.41, 5.74) is 3.92. The second kappa shape index (κ2) is 5.22. The zero-order valence-electron chi connectivity index (χ0n) is 11.0. The number of nitrogens with zero attached hydrogens (tertiary/aromatic N) is 1. The highest BCUT2D eigenvalue weighted by Gasteiger charge is 2.12. The molecule has 0 N–H and O–H groups in total. The molecule has 20 heavy (non-hydrogen) atoms. The number of aryl methyl sites for hydroxylation is 1. The number of fused-ring (bicyclic) bond motifs is 1. The van der Waals surface area contributed by atoms with Gasteiger partial charge in [-0.15, -0.1) is 11.6 Å². The topological polar surface area (TPSA) is 12.9 Å². The molecule has 3 heteroatoms. The van der Waals surface area contributed by atoms with Gasteiger partial charge in [-0.25, -0.2) is 9.37 Å². The average molecular weight is 286 g/mol. The van der Waals surface area contributed by atoms with E-state index in [-0.39, 0.29) is 5.82 Å². The molecule has 0 aliphatic heterocycles. The smallest absolute Gasteiger partial charge is 0.132 e. The van der Waals surface area contributed by atoms with E-state index in [1.54, 1.807) is 18.2 Å². The highest BCUT2D eigenvalue weighted by Crippen LogP contribution is 2.29. The van der Waals surface area contributed by atoms with Crippen molar-refractivity contribution in [3.8, 4) is 11.3 Å². The summed E-state index contributed by atoms with van der Waals surface area (Å²) in [6, 6.07) is 14.6. The highest BCUT2D eigenvalue weighted by atomic mass is 35.5. The van der Waals surface area contributed by atoms with Gasteiger partial charge in [0.2, 0.25) is 0 Å². The van der Waals surface area contributed by atoms with E-state index < -0.39 is 0 Å². The maximum atomic E-state index is 14.0. The molecule has 0 spiro atoms. The molecule has 1 aromatic heterocycles. The molecule has 2 aromatic carbocycles. The molecular weight excluding hydrogens is 273 g/mol. The van der Waals surface area contributed by atoms with Crippen molar-refractivity contribution in [1.82, 2.24) is 4.98 Å². The van der Waals surface area contributed by atoms with Crippen LogP contribution in [0.25, 0.3) is 22.2 Å². The predicted molar refractivity (Wildman–Crippen MR) is 81.4 cm³/mol. The van der Waals surface area contributed by atoms with Gasteiger partial charge in [0.25, 0.3) is 0 Å². The Labute approximate surface area is 122 Å². The lowest BCUT2D eigenvalue weighted by molar-refractivity contribution is 0.630. The SMILES string of the molecule is Cc1cccc2cc(CCl)c(-c3ccccc3F)nc12. The molecule has 0 aliphatic rings. The predicted octanol–water partition coefficient (Wildman–Crippen LogP) is 5.09. The number of hydrogen-bond donors (Lipinski definition) is 0. The van der Waals surface area contributed by atoms with Crippen LogP contribution in [-0.2, 0) is 5.88 Å². The Morgan fingerprint density at radius 3 is 2.65 bits per heavy atom. The minimum absolute atomic E-state index is 0.278. The molecule has 0 bridgehead atoms. The third-order valence-electron chi connectivity index (χ3n) is 3.40. The van der Waals surface area contributed by atoms with Crippen molar-refractivity contribution in [3.05, 3.63) is 65.5 Å². The van der Waals surface area contributed by atoms with Gasteiger partial charge in [-0.1, -0.05) is 30.3 Å². The van der Waals surface area contributed by atoms with Gasteiger partial charge in [-0.2, -0.15) is 0 Å². The first-order valence-corrected chi connectivity index (χ1v) is 6.94. The summed E-state index contributed by atoms with van der Waals surface area (Å²) < 4.78 is 14.0. The van der Waals surface area contributed by atoms with Crippen molar-refractivity contribution in [2.24, 2.45) is 0 Å². The van der Waals surface area contributed by atoms with E-state index >= 15 is 0 Å². The van der Waals surface area contributed by atoms with Crippen LogP contribution in [0.15, 0.2) is 48.5 Å². The fourth-order valence-electron chi connectivity index (χ4n) is 2.38. The second-order valence-corrected chi connectivity index (χ2v) is 5.02. The number of alkyl halides is 1. The summed E-state index contributed by atoms with van der Waals surface area (Å²) in [6.45, 7) is 2.00. The van der Waals surface area contributed by atoms with Crippen LogP contribution in [-0.4, -0.2) is 4.98 Å². The average Bonchev–Trinajstić information content (AvgIpc) is 2.47. The minimum atomic E-state index is -0.278. The first-order chi connectivity index (χ1) is 9.70. The van der Waals surface area contributed by atoms with Crippen molar-refractivity contribution < 1.29 is 4.39 Å². The fourth-order valence-corrected chi connectivity index (χ4v) is 2.58. The molecular formula is C17H13ClFN. The van der Waals surface area contributed by atoms with Gasteiger partial charge >= 0.3 is 0 Å². The maximum absolute atomic E-state index is 14.0. The van der Waals surface area contributed by atoms with Crippen LogP contribution in [0.2, 0.25) is 0 Å². The van der Waals surface area contributed by atoms with Gasteiger partial charge in [-0.3, -0.25) is 0 Å². The Bertz CT molecular complexity index is 783. The Balaban J connectivity index is 2.34. The zero-order valence-corrected chi connectivity index (χ0v) is 11.8. The van der Waals surface area contributed by atoms with Gasteiger partial charge < -0.3 is 0 Å². The molecule has 100 valence electrons. The van der Waals surface area contributed by atoms with Crippen LogP contribution in [0, 0.1) is 12.7 Å². The van der Waals surface area contributed by atoms with Crippen LogP contribution in [0.4, 0.5) is 4.39 Å². The van der Waals surface area contributed by atoms with E-state index in [1.807, 2.05) is 31.2 Å². The fraction of sp³-hybridized carbons (Fsp3) is 0.118. The molecule has 0 amide bonds. The summed E-state index contributed by atoms with van der Waals surface area (Å²) in [5, 5.41) is 1.03. The maximum Gasteiger partial charge on any atom is 0.132 e. The summed E-state index contributed by atoms with van der Waals surface area (Å²) in [5.74, 6) is 0.0277. The lowest BCUT2D eigenvalue weighted by Gasteiger charge is -2.11. The second-order valence-electron chi connectivity index (χ2n) is 4.76. The van der Waals surface area contributed by atoms with E-state index in [2.05, 4.69) is 4.98 Å². The third-order valence-corrected chi connectivity index (χ3v) is 3.69. The van der Waals surface area contributed by atoms with Gasteiger partial charge in [0.1, 0.15) is 5.82 Å². The van der Waals surface area contributed by atoms with Crippen molar-refractivity contribution >= 4 is 22.5 Å². The summed E-state index contributed by atoms with van der Waals surface area (Å²) in [7, 11) is 0. The number of halogens is 2. The number of benzene rings is 2. The Morgan fingerprint density at radius 2 is 1.90 bits per heavy atom. The van der Waals surface area contributed by atoms with Crippen LogP contribution < -0.4 is 0 Å². The molecule has 0 aliphatic carbocycles. The first-order valence-electron chi connectivity index (χ1n) is 6.41. The molecule has 0 radical (unpaired) electrons. The van der Waals surface area contributed by atoms with Crippen LogP contribution >= 0.6 is 11.6 Å². The van der Waals surface area contributed by atoms with E-state index in [1.165, 1.54) is 6.07 Å². The van der Waals surface area contributed by atoms with E-state index in [4.69, 9.17) is 11.6 Å². The monoisotopic (exact) mass is 285 g/mol. The molecule has 3 rings (SSSR count). The number of hydrogen-bond acceptors (Lipinski definition) is 1. The molecule has 0 saturated carbocycles.